The Bertz CT molecular complexity index is 393. The number of hydrogen-bond acceptors (Lipinski definition) is 4. The van der Waals surface area contributed by atoms with Crippen molar-refractivity contribution < 1.29 is 14.3 Å². The molecular weight excluding hydrogens is 206 g/mol. The predicted octanol–water partition coefficient (Wildman–Crippen LogP) is 1.11. The fourth-order valence-electron chi connectivity index (χ4n) is 1.77. The molecule has 1 fully saturated rings. The number of aldehydes is 1. The molecule has 4 heteroatoms. The number of methoxy groups -OCH3 is 1. The summed E-state index contributed by atoms with van der Waals surface area (Å²) in [6.07, 6.45) is 0.817. The fraction of sp³-hybridized carbons (Fsp3) is 0.333. The Hall–Kier alpha value is -1.84. The molecule has 1 aliphatic heterocycles. The maximum absolute atomic E-state index is 11.2. The van der Waals surface area contributed by atoms with Crippen LogP contribution in [0, 0.1) is 5.92 Å². The Morgan fingerprint density at radius 3 is 2.50 bits per heavy atom. The maximum Gasteiger partial charge on any atom is 0.312 e. The largest absolute Gasteiger partial charge is 0.469 e. The Morgan fingerprint density at radius 2 is 2.00 bits per heavy atom. The summed E-state index contributed by atoms with van der Waals surface area (Å²) in [7, 11) is 1.41. The van der Waals surface area contributed by atoms with Gasteiger partial charge in [-0.2, -0.15) is 0 Å². The summed E-state index contributed by atoms with van der Waals surface area (Å²) in [4.78, 5) is 23.7. The SMILES string of the molecule is COC(=O)C1CN(c2ccc(C=O)cc2)C1. The molecule has 0 atom stereocenters. The van der Waals surface area contributed by atoms with Gasteiger partial charge >= 0.3 is 5.97 Å². The average Bonchev–Trinajstić information content (AvgIpc) is 2.27. The van der Waals surface area contributed by atoms with Gasteiger partial charge in [-0.1, -0.05) is 0 Å². The second-order valence-corrected chi connectivity index (χ2v) is 3.83. The van der Waals surface area contributed by atoms with Crippen molar-refractivity contribution in [3.8, 4) is 0 Å². The summed E-state index contributed by atoms with van der Waals surface area (Å²) in [5.74, 6) is -0.170. The summed E-state index contributed by atoms with van der Waals surface area (Å²) in [5.41, 5.74) is 1.69. The smallest absolute Gasteiger partial charge is 0.312 e. The van der Waals surface area contributed by atoms with E-state index in [9.17, 15) is 9.59 Å². The number of carbonyl (C=O) groups excluding carboxylic acids is 2. The van der Waals surface area contributed by atoms with Crippen molar-refractivity contribution in [2.75, 3.05) is 25.1 Å². The van der Waals surface area contributed by atoms with E-state index < -0.39 is 0 Å². The number of hydrogen-bond donors (Lipinski definition) is 0. The van der Waals surface area contributed by atoms with Crippen LogP contribution >= 0.6 is 0 Å². The number of ether oxygens (including phenoxy) is 1. The van der Waals surface area contributed by atoms with Gasteiger partial charge in [0.05, 0.1) is 13.0 Å². The van der Waals surface area contributed by atoms with Crippen LogP contribution in [0.3, 0.4) is 0 Å². The zero-order valence-corrected chi connectivity index (χ0v) is 9.05. The van der Waals surface area contributed by atoms with E-state index in [0.717, 1.165) is 12.0 Å². The topological polar surface area (TPSA) is 46.6 Å². The normalized spacial score (nSPS) is 15.4. The zero-order chi connectivity index (χ0) is 11.5. The third-order valence-corrected chi connectivity index (χ3v) is 2.81. The number of rotatable bonds is 3. The molecule has 4 nitrogen and oxygen atoms in total. The van der Waals surface area contributed by atoms with E-state index in [4.69, 9.17) is 0 Å². The van der Waals surface area contributed by atoms with Gasteiger partial charge in [-0.05, 0) is 24.3 Å². The zero-order valence-electron chi connectivity index (χ0n) is 9.05. The molecule has 16 heavy (non-hydrogen) atoms. The van der Waals surface area contributed by atoms with E-state index >= 15 is 0 Å². The van der Waals surface area contributed by atoms with E-state index in [1.165, 1.54) is 7.11 Å². The first kappa shape index (κ1) is 10.7. The van der Waals surface area contributed by atoms with Gasteiger partial charge in [0.15, 0.2) is 0 Å². The monoisotopic (exact) mass is 219 g/mol. The molecule has 0 amide bonds. The van der Waals surface area contributed by atoms with Crippen LogP contribution in [0.1, 0.15) is 10.4 Å². The number of esters is 1. The average molecular weight is 219 g/mol. The summed E-state index contributed by atoms with van der Waals surface area (Å²) >= 11 is 0. The summed E-state index contributed by atoms with van der Waals surface area (Å²) in [6.45, 7) is 1.38. The molecule has 1 aliphatic rings. The van der Waals surface area contributed by atoms with Gasteiger partial charge in [0.1, 0.15) is 6.29 Å². The highest BCUT2D eigenvalue weighted by atomic mass is 16.5. The van der Waals surface area contributed by atoms with Gasteiger partial charge in [-0.15, -0.1) is 0 Å². The first-order valence-electron chi connectivity index (χ1n) is 5.12. The number of carbonyl (C=O) groups is 2. The van der Waals surface area contributed by atoms with Crippen LogP contribution in [0.5, 0.6) is 0 Å². The molecule has 0 bridgehead atoms. The van der Waals surface area contributed by atoms with Crippen LogP contribution in [0.15, 0.2) is 24.3 Å². The molecule has 0 radical (unpaired) electrons. The van der Waals surface area contributed by atoms with E-state index in [1.807, 2.05) is 12.1 Å². The fourth-order valence-corrected chi connectivity index (χ4v) is 1.77. The van der Waals surface area contributed by atoms with Crippen LogP contribution in [0.4, 0.5) is 5.69 Å². The number of anilines is 1. The van der Waals surface area contributed by atoms with Gasteiger partial charge in [0, 0.05) is 24.3 Å². The molecule has 2 rings (SSSR count). The molecule has 0 aromatic heterocycles. The third kappa shape index (κ3) is 1.91. The minimum absolute atomic E-state index is 0.0178. The Labute approximate surface area is 93.8 Å². The molecule has 0 unspecified atom stereocenters. The molecule has 1 aromatic rings. The minimum atomic E-state index is -0.152. The van der Waals surface area contributed by atoms with Crippen LogP contribution in [-0.2, 0) is 9.53 Å². The third-order valence-electron chi connectivity index (χ3n) is 2.81. The highest BCUT2D eigenvalue weighted by Crippen LogP contribution is 2.25. The van der Waals surface area contributed by atoms with Crippen molar-refractivity contribution in [1.82, 2.24) is 0 Å². The Kier molecular flexibility index (Phi) is 2.90. The summed E-state index contributed by atoms with van der Waals surface area (Å²) < 4.78 is 4.66. The Balaban J connectivity index is 1.96. The second-order valence-electron chi connectivity index (χ2n) is 3.83. The quantitative estimate of drug-likeness (QED) is 0.564. The standard InChI is InChI=1S/C12H13NO3/c1-16-12(15)10-6-13(7-10)11-4-2-9(8-14)3-5-11/h2-5,8,10H,6-7H2,1H3. The lowest BCUT2D eigenvalue weighted by molar-refractivity contribution is -0.146. The summed E-state index contributed by atoms with van der Waals surface area (Å²) in [6, 6.07) is 7.32. The first-order valence-corrected chi connectivity index (χ1v) is 5.12. The van der Waals surface area contributed by atoms with Crippen molar-refractivity contribution in [3.05, 3.63) is 29.8 Å². The number of benzene rings is 1. The van der Waals surface area contributed by atoms with Crippen molar-refractivity contribution >= 4 is 17.9 Å². The van der Waals surface area contributed by atoms with Gasteiger partial charge in [-0.25, -0.2) is 0 Å². The molecule has 84 valence electrons. The first-order chi connectivity index (χ1) is 7.74. The van der Waals surface area contributed by atoms with Crippen molar-refractivity contribution in [3.63, 3.8) is 0 Å². The van der Waals surface area contributed by atoms with Gasteiger partial charge < -0.3 is 9.64 Å². The highest BCUT2D eigenvalue weighted by Gasteiger charge is 2.33. The van der Waals surface area contributed by atoms with E-state index in [2.05, 4.69) is 9.64 Å². The molecule has 1 aromatic carbocycles. The molecular formula is C12H13NO3. The van der Waals surface area contributed by atoms with E-state index in [1.54, 1.807) is 12.1 Å². The van der Waals surface area contributed by atoms with E-state index in [-0.39, 0.29) is 11.9 Å². The highest BCUT2D eigenvalue weighted by molar-refractivity contribution is 5.78. The lowest BCUT2D eigenvalue weighted by Crippen LogP contribution is -2.50. The second kappa shape index (κ2) is 4.35. The van der Waals surface area contributed by atoms with Gasteiger partial charge in [0.25, 0.3) is 0 Å². The minimum Gasteiger partial charge on any atom is -0.469 e. The molecule has 0 saturated carbocycles. The van der Waals surface area contributed by atoms with Gasteiger partial charge in [-0.3, -0.25) is 9.59 Å². The van der Waals surface area contributed by atoms with Gasteiger partial charge in [0.2, 0.25) is 0 Å². The predicted molar refractivity (Wildman–Crippen MR) is 59.5 cm³/mol. The van der Waals surface area contributed by atoms with Crippen LogP contribution < -0.4 is 4.90 Å². The van der Waals surface area contributed by atoms with Crippen LogP contribution in [-0.4, -0.2) is 32.5 Å². The van der Waals surface area contributed by atoms with Crippen molar-refractivity contribution in [2.45, 2.75) is 0 Å². The lowest BCUT2D eigenvalue weighted by atomic mass is 9.99. The Morgan fingerprint density at radius 1 is 1.38 bits per heavy atom. The molecule has 1 heterocycles. The van der Waals surface area contributed by atoms with Crippen LogP contribution in [0.25, 0.3) is 0 Å². The molecule has 0 spiro atoms. The number of nitrogens with zero attached hydrogens (tertiary/aromatic N) is 1. The molecule has 0 N–H and O–H groups in total. The molecule has 1 saturated heterocycles. The van der Waals surface area contributed by atoms with Crippen molar-refractivity contribution in [2.24, 2.45) is 5.92 Å². The lowest BCUT2D eigenvalue weighted by Gasteiger charge is -2.39. The van der Waals surface area contributed by atoms with E-state index in [0.29, 0.717) is 18.7 Å². The van der Waals surface area contributed by atoms with Crippen LogP contribution in [0.2, 0.25) is 0 Å². The van der Waals surface area contributed by atoms with Crippen molar-refractivity contribution in [1.29, 1.82) is 0 Å². The summed E-state index contributed by atoms with van der Waals surface area (Å²) in [5, 5.41) is 0. The molecule has 0 aliphatic carbocycles. The maximum atomic E-state index is 11.2.